The first kappa shape index (κ1) is 15.0. The van der Waals surface area contributed by atoms with Crippen molar-refractivity contribution in [3.63, 3.8) is 0 Å². The summed E-state index contributed by atoms with van der Waals surface area (Å²) in [4.78, 5) is 11.7. The molecule has 4 heteroatoms. The van der Waals surface area contributed by atoms with E-state index in [1.807, 2.05) is 48.8 Å². The molecule has 0 fully saturated rings. The van der Waals surface area contributed by atoms with Gasteiger partial charge in [-0.2, -0.15) is 0 Å². The highest BCUT2D eigenvalue weighted by atomic mass is 32.1. The van der Waals surface area contributed by atoms with Gasteiger partial charge in [0.25, 0.3) is 0 Å². The van der Waals surface area contributed by atoms with Gasteiger partial charge in [0, 0.05) is 33.3 Å². The van der Waals surface area contributed by atoms with Crippen LogP contribution in [0.2, 0.25) is 0 Å². The first-order valence-corrected chi connectivity index (χ1v) is 9.34. The second kappa shape index (κ2) is 6.91. The Morgan fingerprint density at radius 3 is 1.50 bits per heavy atom. The van der Waals surface area contributed by atoms with Crippen LogP contribution >= 0.6 is 22.7 Å². The van der Waals surface area contributed by atoms with Gasteiger partial charge in [-0.25, -0.2) is 0 Å². The molecule has 0 aliphatic heterocycles. The zero-order chi connectivity index (χ0) is 16.2. The third-order valence-corrected chi connectivity index (χ3v) is 5.40. The summed E-state index contributed by atoms with van der Waals surface area (Å²) < 4.78 is 0. The molecule has 0 radical (unpaired) electrons. The molecule has 0 saturated carbocycles. The van der Waals surface area contributed by atoms with Gasteiger partial charge >= 0.3 is 0 Å². The van der Waals surface area contributed by atoms with Gasteiger partial charge < -0.3 is 0 Å². The van der Waals surface area contributed by atoms with E-state index in [0.717, 1.165) is 17.0 Å². The summed E-state index contributed by atoms with van der Waals surface area (Å²) in [5, 5.41) is 4.22. The number of thiophene rings is 2. The van der Waals surface area contributed by atoms with E-state index in [1.165, 1.54) is 15.3 Å². The molecule has 0 aromatic carbocycles. The molecule has 2 nitrogen and oxygen atoms in total. The second-order valence-electron chi connectivity index (χ2n) is 5.13. The molecule has 4 rings (SSSR count). The van der Waals surface area contributed by atoms with Crippen molar-refractivity contribution in [3.05, 3.63) is 105 Å². The van der Waals surface area contributed by atoms with E-state index in [0.29, 0.717) is 0 Å². The fourth-order valence-electron chi connectivity index (χ4n) is 2.62. The van der Waals surface area contributed by atoms with Crippen molar-refractivity contribution in [2.24, 2.45) is 0 Å². The fraction of sp³-hybridized carbons (Fsp3) is 0. The zero-order valence-corrected chi connectivity index (χ0v) is 14.4. The van der Waals surface area contributed by atoms with Crippen LogP contribution in [0.1, 0.15) is 21.1 Å². The lowest BCUT2D eigenvalue weighted by Gasteiger charge is -2.13. The number of nitrogens with zero attached hydrogens (tertiary/aromatic N) is 2. The minimum absolute atomic E-state index is 0.938. The Kier molecular flexibility index (Phi) is 4.32. The van der Waals surface area contributed by atoms with Crippen LogP contribution in [0, 0.1) is 0 Å². The summed E-state index contributed by atoms with van der Waals surface area (Å²) in [5.74, 6) is 0. The maximum absolute atomic E-state index is 4.61. The molecule has 0 unspecified atom stereocenters. The molecule has 0 amide bonds. The minimum Gasteiger partial charge on any atom is -0.256 e. The van der Waals surface area contributed by atoms with E-state index < -0.39 is 0 Å². The Labute approximate surface area is 148 Å². The quantitative estimate of drug-likeness (QED) is 0.480. The normalized spacial score (nSPS) is 10.5. The lowest BCUT2D eigenvalue weighted by atomic mass is 9.98. The van der Waals surface area contributed by atoms with Gasteiger partial charge in [0.2, 0.25) is 0 Å². The summed E-state index contributed by atoms with van der Waals surface area (Å²) in [6, 6.07) is 20.5. The number of aromatic nitrogens is 2. The molecule has 0 aliphatic carbocycles. The fourth-order valence-corrected chi connectivity index (χ4v) is 4.26. The third kappa shape index (κ3) is 2.94. The second-order valence-corrected chi connectivity index (χ2v) is 7.03. The third-order valence-electron chi connectivity index (χ3n) is 3.63. The highest BCUT2D eigenvalue weighted by Gasteiger charge is 2.19. The standard InChI is InChI=1S/C20H14N2S2/c1-3-11-21-15(7-1)19(16-8-2-4-12-22-16)20(17-9-5-13-23-17)18-10-6-14-24-18/h1-14H. The van der Waals surface area contributed by atoms with E-state index in [4.69, 9.17) is 0 Å². The van der Waals surface area contributed by atoms with Crippen molar-refractivity contribution >= 4 is 33.8 Å². The average molecular weight is 346 g/mol. The SMILES string of the molecule is c1ccc(C(=C(c2cccs2)c2cccs2)c2ccccn2)nc1. The number of hydrogen-bond donors (Lipinski definition) is 0. The van der Waals surface area contributed by atoms with Crippen LogP contribution in [-0.4, -0.2) is 9.97 Å². The molecule has 0 N–H and O–H groups in total. The highest BCUT2D eigenvalue weighted by molar-refractivity contribution is 7.14. The van der Waals surface area contributed by atoms with Crippen LogP contribution < -0.4 is 0 Å². The zero-order valence-electron chi connectivity index (χ0n) is 12.8. The topological polar surface area (TPSA) is 25.8 Å². The largest absolute Gasteiger partial charge is 0.256 e. The van der Waals surface area contributed by atoms with Crippen LogP contribution in [0.15, 0.2) is 83.8 Å². The van der Waals surface area contributed by atoms with Gasteiger partial charge in [0.15, 0.2) is 0 Å². The molecule has 24 heavy (non-hydrogen) atoms. The van der Waals surface area contributed by atoms with E-state index in [9.17, 15) is 0 Å². The van der Waals surface area contributed by atoms with Gasteiger partial charge in [-0.05, 0) is 47.2 Å². The lowest BCUT2D eigenvalue weighted by Crippen LogP contribution is -1.98. The van der Waals surface area contributed by atoms with Crippen molar-refractivity contribution in [2.45, 2.75) is 0 Å². The predicted molar refractivity (Wildman–Crippen MR) is 102 cm³/mol. The molecule has 0 bridgehead atoms. The summed E-state index contributed by atoms with van der Waals surface area (Å²) in [6.45, 7) is 0. The van der Waals surface area contributed by atoms with Gasteiger partial charge in [0.05, 0.1) is 11.4 Å². The number of pyridine rings is 2. The molecule has 116 valence electrons. The molecular weight excluding hydrogens is 332 g/mol. The van der Waals surface area contributed by atoms with Crippen molar-refractivity contribution < 1.29 is 0 Å². The van der Waals surface area contributed by atoms with E-state index in [2.05, 4.69) is 45.0 Å². The molecule has 4 aromatic heterocycles. The van der Waals surface area contributed by atoms with Crippen molar-refractivity contribution in [2.75, 3.05) is 0 Å². The van der Waals surface area contributed by atoms with Crippen LogP contribution in [0.3, 0.4) is 0 Å². The van der Waals surface area contributed by atoms with E-state index in [-0.39, 0.29) is 0 Å². The monoisotopic (exact) mass is 346 g/mol. The van der Waals surface area contributed by atoms with E-state index >= 15 is 0 Å². The Hall–Kier alpha value is -2.56. The van der Waals surface area contributed by atoms with Gasteiger partial charge in [-0.1, -0.05) is 24.3 Å². The Morgan fingerprint density at radius 2 is 1.12 bits per heavy atom. The molecule has 4 aromatic rings. The Bertz CT molecular complexity index is 848. The average Bonchev–Trinajstić information content (AvgIpc) is 3.35. The van der Waals surface area contributed by atoms with Crippen LogP contribution in [-0.2, 0) is 0 Å². The maximum atomic E-state index is 4.61. The minimum atomic E-state index is 0.938. The molecule has 0 spiro atoms. The summed E-state index contributed by atoms with van der Waals surface area (Å²) in [5.41, 5.74) is 4.14. The first-order chi connectivity index (χ1) is 11.9. The summed E-state index contributed by atoms with van der Waals surface area (Å²) >= 11 is 3.48. The van der Waals surface area contributed by atoms with Gasteiger partial charge in [0.1, 0.15) is 0 Å². The predicted octanol–water partition coefficient (Wildman–Crippen LogP) is 5.61. The van der Waals surface area contributed by atoms with Crippen molar-refractivity contribution in [1.82, 2.24) is 9.97 Å². The Balaban J connectivity index is 2.07. The summed E-state index contributed by atoms with van der Waals surface area (Å²) in [6.07, 6.45) is 3.66. The molecule has 0 atom stereocenters. The molecular formula is C20H14N2S2. The van der Waals surface area contributed by atoms with Crippen LogP contribution in [0.25, 0.3) is 11.1 Å². The number of rotatable bonds is 4. The van der Waals surface area contributed by atoms with Crippen molar-refractivity contribution in [1.29, 1.82) is 0 Å². The first-order valence-electron chi connectivity index (χ1n) is 7.58. The molecule has 0 aliphatic rings. The Morgan fingerprint density at radius 1 is 0.583 bits per heavy atom. The maximum Gasteiger partial charge on any atom is 0.0730 e. The lowest BCUT2D eigenvalue weighted by molar-refractivity contribution is 1.22. The molecule has 4 heterocycles. The van der Waals surface area contributed by atoms with Crippen molar-refractivity contribution in [3.8, 4) is 0 Å². The summed E-state index contributed by atoms with van der Waals surface area (Å²) in [7, 11) is 0. The van der Waals surface area contributed by atoms with Crippen LogP contribution in [0.5, 0.6) is 0 Å². The van der Waals surface area contributed by atoms with E-state index in [1.54, 1.807) is 22.7 Å². The van der Waals surface area contributed by atoms with Gasteiger partial charge in [-0.15, -0.1) is 22.7 Å². The van der Waals surface area contributed by atoms with Gasteiger partial charge in [-0.3, -0.25) is 9.97 Å². The molecule has 0 saturated heterocycles. The van der Waals surface area contributed by atoms with Crippen LogP contribution in [0.4, 0.5) is 0 Å². The number of hydrogen-bond acceptors (Lipinski definition) is 4. The smallest absolute Gasteiger partial charge is 0.0730 e. The highest BCUT2D eigenvalue weighted by Crippen LogP contribution is 2.38.